The number of anilines is 1. The first kappa shape index (κ1) is 17.6. The van der Waals surface area contributed by atoms with Gasteiger partial charge in [0.25, 0.3) is 0 Å². The van der Waals surface area contributed by atoms with Crippen LogP contribution < -0.4 is 5.32 Å². The minimum absolute atomic E-state index is 0.0667. The highest BCUT2D eigenvalue weighted by atomic mass is 16.2. The zero-order valence-corrected chi connectivity index (χ0v) is 14.7. The van der Waals surface area contributed by atoms with Gasteiger partial charge in [0.1, 0.15) is 12.9 Å². The molecule has 1 saturated heterocycles. The molecular formula is C18H27N5O2. The fourth-order valence-electron chi connectivity index (χ4n) is 3.43. The number of aromatic nitrogens is 3. The Hall–Kier alpha value is -2.18. The molecule has 7 heteroatoms. The number of hydrogen-bond acceptors (Lipinski definition) is 4. The molecule has 3 rings (SSSR count). The van der Waals surface area contributed by atoms with Crippen molar-refractivity contribution in [1.82, 2.24) is 19.7 Å². The van der Waals surface area contributed by atoms with Gasteiger partial charge >= 0.3 is 0 Å². The van der Waals surface area contributed by atoms with Crippen molar-refractivity contribution < 1.29 is 9.59 Å². The predicted octanol–water partition coefficient (Wildman–Crippen LogP) is 2.51. The molecule has 1 aromatic rings. The van der Waals surface area contributed by atoms with Crippen molar-refractivity contribution in [3.05, 3.63) is 18.0 Å². The zero-order valence-electron chi connectivity index (χ0n) is 14.7. The average Bonchev–Trinajstić information content (AvgIpc) is 2.86. The van der Waals surface area contributed by atoms with Gasteiger partial charge in [-0.05, 0) is 38.5 Å². The molecule has 0 atom stereocenters. The lowest BCUT2D eigenvalue weighted by molar-refractivity contribution is -0.132. The number of rotatable bonds is 5. The van der Waals surface area contributed by atoms with Crippen molar-refractivity contribution in [3.63, 3.8) is 0 Å². The van der Waals surface area contributed by atoms with Crippen LogP contribution in [0, 0.1) is 0 Å². The Morgan fingerprint density at radius 2 is 1.88 bits per heavy atom. The van der Waals surface area contributed by atoms with E-state index in [0.717, 1.165) is 45.2 Å². The van der Waals surface area contributed by atoms with E-state index in [1.165, 1.54) is 35.8 Å². The van der Waals surface area contributed by atoms with E-state index in [4.69, 9.17) is 0 Å². The summed E-state index contributed by atoms with van der Waals surface area (Å²) in [7, 11) is 0. The van der Waals surface area contributed by atoms with Crippen molar-refractivity contribution in [1.29, 1.82) is 0 Å². The molecule has 1 aliphatic carbocycles. The van der Waals surface area contributed by atoms with Gasteiger partial charge in [-0.15, -0.1) is 5.10 Å². The zero-order chi connectivity index (χ0) is 17.5. The lowest BCUT2D eigenvalue weighted by Gasteiger charge is -2.19. The van der Waals surface area contributed by atoms with E-state index in [0.29, 0.717) is 6.42 Å². The number of nitrogens with one attached hydrogen (secondary N) is 1. The molecule has 0 bridgehead atoms. The second kappa shape index (κ2) is 8.78. The highest BCUT2D eigenvalue weighted by Gasteiger charge is 2.17. The van der Waals surface area contributed by atoms with Gasteiger partial charge in [0, 0.05) is 19.5 Å². The van der Waals surface area contributed by atoms with Gasteiger partial charge in [-0.25, -0.2) is 9.67 Å². The van der Waals surface area contributed by atoms with Gasteiger partial charge in [0.05, 0.1) is 0 Å². The highest BCUT2D eigenvalue weighted by Crippen LogP contribution is 2.20. The van der Waals surface area contributed by atoms with Crippen LogP contribution in [0.15, 0.2) is 18.0 Å². The molecule has 2 heterocycles. The Kier molecular flexibility index (Phi) is 6.19. The molecule has 1 N–H and O–H groups in total. The van der Waals surface area contributed by atoms with Crippen molar-refractivity contribution >= 4 is 17.8 Å². The van der Waals surface area contributed by atoms with E-state index in [2.05, 4.69) is 21.5 Å². The van der Waals surface area contributed by atoms with E-state index in [1.807, 2.05) is 4.90 Å². The van der Waals surface area contributed by atoms with Crippen molar-refractivity contribution in [3.8, 4) is 0 Å². The quantitative estimate of drug-likeness (QED) is 0.832. The van der Waals surface area contributed by atoms with Crippen molar-refractivity contribution in [2.24, 2.45) is 0 Å². The third-order valence-electron chi connectivity index (χ3n) is 4.82. The maximum Gasteiger partial charge on any atom is 0.248 e. The Morgan fingerprint density at radius 1 is 1.08 bits per heavy atom. The number of allylic oxidation sites excluding steroid dienone is 1. The summed E-state index contributed by atoms with van der Waals surface area (Å²) in [6, 6.07) is 0. The number of nitrogens with zero attached hydrogens (tertiary/aromatic N) is 4. The standard InChI is InChI=1S/C18H27N5O2/c24-16(12-15-8-4-3-5-9-15)20-18-19-14-23(21-18)13-17(25)22-10-6-1-2-7-11-22/h8,14H,1-7,9-13H2,(H,20,21,24). The number of carbonyl (C=O) groups excluding carboxylic acids is 2. The molecule has 1 aromatic heterocycles. The topological polar surface area (TPSA) is 80.1 Å². The fraction of sp³-hybridized carbons (Fsp3) is 0.667. The Bertz CT molecular complexity index is 629. The monoisotopic (exact) mass is 345 g/mol. The van der Waals surface area contributed by atoms with Crippen LogP contribution in [0.25, 0.3) is 0 Å². The SMILES string of the molecule is O=C(CC1=CCCCC1)Nc1ncn(CC(=O)N2CCCCCC2)n1. The summed E-state index contributed by atoms with van der Waals surface area (Å²) < 4.78 is 1.50. The second-order valence-electron chi connectivity index (χ2n) is 6.89. The van der Waals surface area contributed by atoms with Crippen LogP contribution in [0.3, 0.4) is 0 Å². The first-order valence-electron chi connectivity index (χ1n) is 9.36. The highest BCUT2D eigenvalue weighted by molar-refractivity contribution is 5.90. The smallest absolute Gasteiger partial charge is 0.248 e. The third-order valence-corrected chi connectivity index (χ3v) is 4.82. The van der Waals surface area contributed by atoms with E-state index >= 15 is 0 Å². The molecule has 136 valence electrons. The predicted molar refractivity (Wildman–Crippen MR) is 94.9 cm³/mol. The fourth-order valence-corrected chi connectivity index (χ4v) is 3.43. The Balaban J connectivity index is 1.48. The van der Waals surface area contributed by atoms with Crippen LogP contribution in [0.5, 0.6) is 0 Å². The summed E-state index contributed by atoms with van der Waals surface area (Å²) in [6.07, 6.45) is 13.0. The molecular weight excluding hydrogens is 318 g/mol. The minimum Gasteiger partial charge on any atom is -0.341 e. The maximum atomic E-state index is 12.4. The minimum atomic E-state index is -0.0928. The van der Waals surface area contributed by atoms with E-state index in [-0.39, 0.29) is 24.3 Å². The summed E-state index contributed by atoms with van der Waals surface area (Å²) >= 11 is 0. The lowest BCUT2D eigenvalue weighted by atomic mass is 9.97. The average molecular weight is 345 g/mol. The van der Waals surface area contributed by atoms with Gasteiger partial charge in [0.2, 0.25) is 17.8 Å². The number of amides is 2. The molecule has 2 aliphatic rings. The molecule has 0 unspecified atom stereocenters. The van der Waals surface area contributed by atoms with Crippen molar-refractivity contribution in [2.45, 2.75) is 64.3 Å². The second-order valence-corrected chi connectivity index (χ2v) is 6.89. The van der Waals surface area contributed by atoms with Gasteiger partial charge in [-0.1, -0.05) is 24.5 Å². The summed E-state index contributed by atoms with van der Waals surface area (Å²) in [5.41, 5.74) is 1.19. The largest absolute Gasteiger partial charge is 0.341 e. The molecule has 0 radical (unpaired) electrons. The number of carbonyl (C=O) groups is 2. The van der Waals surface area contributed by atoms with Crippen LogP contribution in [-0.2, 0) is 16.1 Å². The summed E-state index contributed by atoms with van der Waals surface area (Å²) in [5.74, 6) is 0.242. The molecule has 0 spiro atoms. The Morgan fingerprint density at radius 3 is 2.60 bits per heavy atom. The molecule has 0 saturated carbocycles. The van der Waals surface area contributed by atoms with Gasteiger partial charge < -0.3 is 4.90 Å². The lowest BCUT2D eigenvalue weighted by Crippen LogP contribution is -2.34. The molecule has 25 heavy (non-hydrogen) atoms. The molecule has 1 aliphatic heterocycles. The molecule has 7 nitrogen and oxygen atoms in total. The van der Waals surface area contributed by atoms with Crippen LogP contribution >= 0.6 is 0 Å². The molecule has 1 fully saturated rings. The van der Waals surface area contributed by atoms with Crippen LogP contribution in [-0.4, -0.2) is 44.6 Å². The van der Waals surface area contributed by atoms with Crippen molar-refractivity contribution in [2.75, 3.05) is 18.4 Å². The van der Waals surface area contributed by atoms with Gasteiger partial charge in [0.15, 0.2) is 0 Å². The third kappa shape index (κ3) is 5.41. The normalized spacial score (nSPS) is 18.4. The summed E-state index contributed by atoms with van der Waals surface area (Å²) in [5, 5.41) is 6.93. The van der Waals surface area contributed by atoms with Crippen LogP contribution in [0.4, 0.5) is 5.95 Å². The molecule has 0 aromatic carbocycles. The summed E-state index contributed by atoms with van der Waals surface area (Å²) in [6.45, 7) is 1.83. The molecule has 2 amide bonds. The number of hydrogen-bond donors (Lipinski definition) is 1. The van der Waals surface area contributed by atoms with E-state index in [1.54, 1.807) is 0 Å². The van der Waals surface area contributed by atoms with Crippen LogP contribution in [0.1, 0.15) is 57.8 Å². The summed E-state index contributed by atoms with van der Waals surface area (Å²) in [4.78, 5) is 30.4. The number of likely N-dealkylation sites (tertiary alicyclic amines) is 1. The van der Waals surface area contributed by atoms with Gasteiger partial charge in [-0.3, -0.25) is 14.9 Å². The van der Waals surface area contributed by atoms with E-state index in [9.17, 15) is 9.59 Å². The van der Waals surface area contributed by atoms with E-state index < -0.39 is 0 Å². The first-order valence-corrected chi connectivity index (χ1v) is 9.36. The maximum absolute atomic E-state index is 12.4. The van der Waals surface area contributed by atoms with Gasteiger partial charge in [-0.2, -0.15) is 0 Å². The van der Waals surface area contributed by atoms with Crippen LogP contribution in [0.2, 0.25) is 0 Å². The first-order chi connectivity index (χ1) is 12.2. The Labute approximate surface area is 148 Å².